The summed E-state index contributed by atoms with van der Waals surface area (Å²) in [7, 11) is 1.40. The number of hydrogen-bond donors (Lipinski definition) is 1. The molecule has 68 valence electrons. The number of nitrogens with one attached hydrogen (secondary N) is 1. The second-order valence-corrected chi connectivity index (χ2v) is 2.88. The average Bonchev–Trinajstić information content (AvgIpc) is 2.56. The predicted octanol–water partition coefficient (Wildman–Crippen LogP) is 0.187. The van der Waals surface area contributed by atoms with Crippen LogP contribution < -0.4 is 5.32 Å². The Morgan fingerprint density at radius 2 is 2.58 bits per heavy atom. The van der Waals surface area contributed by atoms with Gasteiger partial charge >= 0.3 is 5.97 Å². The zero-order chi connectivity index (χ0) is 8.97. The van der Waals surface area contributed by atoms with Crippen molar-refractivity contribution in [2.45, 2.75) is 13.3 Å². The minimum Gasteiger partial charge on any atom is -0.469 e. The lowest BCUT2D eigenvalue weighted by atomic mass is 10.1. The summed E-state index contributed by atoms with van der Waals surface area (Å²) in [6.07, 6.45) is 0.405. The predicted molar refractivity (Wildman–Crippen MR) is 46.1 cm³/mol. The van der Waals surface area contributed by atoms with Crippen molar-refractivity contribution in [1.29, 1.82) is 0 Å². The van der Waals surface area contributed by atoms with Gasteiger partial charge < -0.3 is 10.1 Å². The highest BCUT2D eigenvalue weighted by Crippen LogP contribution is 2.06. The molecular formula is C8H14N2O2. The number of esters is 1. The van der Waals surface area contributed by atoms with E-state index in [-0.39, 0.29) is 11.9 Å². The molecule has 4 heteroatoms. The maximum absolute atomic E-state index is 10.9. The number of aliphatic imine (C=N–C) groups is 1. The van der Waals surface area contributed by atoms with E-state index in [0.29, 0.717) is 6.42 Å². The van der Waals surface area contributed by atoms with Crippen LogP contribution in [0.15, 0.2) is 4.99 Å². The first-order valence-electron chi connectivity index (χ1n) is 4.09. The normalized spacial score (nSPS) is 18.0. The monoisotopic (exact) mass is 170 g/mol. The lowest BCUT2D eigenvalue weighted by molar-refractivity contribution is -0.141. The molecule has 0 saturated heterocycles. The van der Waals surface area contributed by atoms with Gasteiger partial charge in [0, 0.05) is 12.5 Å². The van der Waals surface area contributed by atoms with Crippen molar-refractivity contribution >= 4 is 11.8 Å². The van der Waals surface area contributed by atoms with Gasteiger partial charge in [-0.05, 0) is 0 Å². The lowest BCUT2D eigenvalue weighted by Crippen LogP contribution is -2.27. The molecule has 0 aromatic heterocycles. The smallest absolute Gasteiger partial charge is 0.306 e. The number of carbonyl (C=O) groups excluding carboxylic acids is 1. The van der Waals surface area contributed by atoms with E-state index >= 15 is 0 Å². The van der Waals surface area contributed by atoms with Crippen LogP contribution >= 0.6 is 0 Å². The number of ether oxygens (including phenoxy) is 1. The van der Waals surface area contributed by atoms with Crippen LogP contribution in [-0.4, -0.2) is 32.0 Å². The standard InChI is InChI=1S/C8H14N2O2/c1-6(5-7(11)12-2)8-9-3-4-10-8/h6H,3-5H2,1-2H3,(H,9,10). The fourth-order valence-corrected chi connectivity index (χ4v) is 1.18. The number of methoxy groups -OCH3 is 1. The maximum Gasteiger partial charge on any atom is 0.306 e. The summed E-state index contributed by atoms with van der Waals surface area (Å²) in [6.45, 7) is 3.68. The molecule has 1 aliphatic heterocycles. The highest BCUT2D eigenvalue weighted by atomic mass is 16.5. The van der Waals surface area contributed by atoms with Crippen molar-refractivity contribution in [1.82, 2.24) is 5.32 Å². The molecule has 4 nitrogen and oxygen atoms in total. The Labute approximate surface area is 72.0 Å². The first kappa shape index (κ1) is 9.03. The van der Waals surface area contributed by atoms with Gasteiger partial charge in [0.2, 0.25) is 0 Å². The van der Waals surface area contributed by atoms with Crippen LogP contribution in [0.3, 0.4) is 0 Å². The molecule has 1 heterocycles. The largest absolute Gasteiger partial charge is 0.469 e. The summed E-state index contributed by atoms with van der Waals surface area (Å²) in [5.41, 5.74) is 0. The summed E-state index contributed by atoms with van der Waals surface area (Å²) >= 11 is 0. The summed E-state index contributed by atoms with van der Waals surface area (Å²) in [5.74, 6) is 0.902. The average molecular weight is 170 g/mol. The van der Waals surface area contributed by atoms with Crippen molar-refractivity contribution in [2.24, 2.45) is 10.9 Å². The van der Waals surface area contributed by atoms with Crippen LogP contribution in [0.4, 0.5) is 0 Å². The van der Waals surface area contributed by atoms with Gasteiger partial charge in [0.15, 0.2) is 0 Å². The van der Waals surface area contributed by atoms with E-state index in [2.05, 4.69) is 15.0 Å². The van der Waals surface area contributed by atoms with Crippen molar-refractivity contribution in [3.05, 3.63) is 0 Å². The van der Waals surface area contributed by atoms with Gasteiger partial charge in [0.05, 0.1) is 25.9 Å². The van der Waals surface area contributed by atoms with Crippen LogP contribution in [0.5, 0.6) is 0 Å². The Bertz CT molecular complexity index is 201. The summed E-state index contributed by atoms with van der Waals surface area (Å²) in [5, 5.41) is 3.13. The molecule has 1 unspecified atom stereocenters. The van der Waals surface area contributed by atoms with Crippen LogP contribution in [0.25, 0.3) is 0 Å². The Kier molecular flexibility index (Phi) is 3.08. The van der Waals surface area contributed by atoms with E-state index in [1.807, 2.05) is 6.92 Å². The molecule has 1 rings (SSSR count). The SMILES string of the molecule is COC(=O)CC(C)C1=NCCN1. The molecule has 0 saturated carbocycles. The van der Waals surface area contributed by atoms with Gasteiger partial charge in [-0.15, -0.1) is 0 Å². The first-order chi connectivity index (χ1) is 5.74. The summed E-state index contributed by atoms with van der Waals surface area (Å²) in [4.78, 5) is 15.1. The maximum atomic E-state index is 10.9. The van der Waals surface area contributed by atoms with E-state index in [1.165, 1.54) is 7.11 Å². The Morgan fingerprint density at radius 3 is 3.08 bits per heavy atom. The highest BCUT2D eigenvalue weighted by molar-refractivity contribution is 5.88. The van der Waals surface area contributed by atoms with Gasteiger partial charge in [-0.25, -0.2) is 0 Å². The first-order valence-corrected chi connectivity index (χ1v) is 4.09. The van der Waals surface area contributed by atoms with Crippen LogP contribution in [0.2, 0.25) is 0 Å². The van der Waals surface area contributed by atoms with Gasteiger partial charge in [-0.2, -0.15) is 0 Å². The molecule has 0 spiro atoms. The molecule has 0 fully saturated rings. The molecule has 0 amide bonds. The third-order valence-electron chi connectivity index (χ3n) is 1.87. The molecule has 0 aromatic carbocycles. The number of rotatable bonds is 3. The Hall–Kier alpha value is -1.06. The second-order valence-electron chi connectivity index (χ2n) is 2.88. The van der Waals surface area contributed by atoms with Crippen molar-refractivity contribution in [3.8, 4) is 0 Å². The fourth-order valence-electron chi connectivity index (χ4n) is 1.18. The second kappa shape index (κ2) is 4.09. The molecule has 1 aliphatic rings. The summed E-state index contributed by atoms with van der Waals surface area (Å²) < 4.78 is 4.56. The van der Waals surface area contributed by atoms with Gasteiger partial charge in [0.1, 0.15) is 0 Å². The lowest BCUT2D eigenvalue weighted by Gasteiger charge is -2.09. The molecule has 0 radical (unpaired) electrons. The van der Waals surface area contributed by atoms with E-state index in [4.69, 9.17) is 0 Å². The number of amidine groups is 1. The highest BCUT2D eigenvalue weighted by Gasteiger charge is 2.17. The van der Waals surface area contributed by atoms with Gasteiger partial charge in [0.25, 0.3) is 0 Å². The van der Waals surface area contributed by atoms with E-state index < -0.39 is 0 Å². The number of nitrogens with zero attached hydrogens (tertiary/aromatic N) is 1. The molecule has 0 aromatic rings. The molecular weight excluding hydrogens is 156 g/mol. The Morgan fingerprint density at radius 1 is 1.83 bits per heavy atom. The quantitative estimate of drug-likeness (QED) is 0.615. The fraction of sp³-hybridized carbons (Fsp3) is 0.750. The van der Waals surface area contributed by atoms with Crippen molar-refractivity contribution < 1.29 is 9.53 Å². The van der Waals surface area contributed by atoms with E-state index in [0.717, 1.165) is 18.9 Å². The van der Waals surface area contributed by atoms with E-state index in [1.54, 1.807) is 0 Å². The molecule has 0 bridgehead atoms. The zero-order valence-corrected chi connectivity index (χ0v) is 7.46. The number of hydrogen-bond acceptors (Lipinski definition) is 4. The van der Waals surface area contributed by atoms with E-state index in [9.17, 15) is 4.79 Å². The Balaban J connectivity index is 2.37. The minimum absolute atomic E-state index is 0.153. The van der Waals surface area contributed by atoms with Crippen LogP contribution in [0.1, 0.15) is 13.3 Å². The molecule has 0 aliphatic carbocycles. The molecule has 12 heavy (non-hydrogen) atoms. The summed E-state index contributed by atoms with van der Waals surface area (Å²) in [6, 6.07) is 0. The van der Waals surface area contributed by atoms with Crippen LogP contribution in [-0.2, 0) is 9.53 Å². The van der Waals surface area contributed by atoms with Crippen LogP contribution in [0, 0.1) is 5.92 Å². The third kappa shape index (κ3) is 2.22. The zero-order valence-electron chi connectivity index (χ0n) is 7.46. The molecule has 1 atom stereocenters. The van der Waals surface area contributed by atoms with Crippen molar-refractivity contribution in [2.75, 3.05) is 20.2 Å². The van der Waals surface area contributed by atoms with Gasteiger partial charge in [-0.1, -0.05) is 6.92 Å². The number of carbonyl (C=O) groups is 1. The molecule has 1 N–H and O–H groups in total. The third-order valence-corrected chi connectivity index (χ3v) is 1.87. The van der Waals surface area contributed by atoms with Crippen molar-refractivity contribution in [3.63, 3.8) is 0 Å². The topological polar surface area (TPSA) is 50.7 Å². The minimum atomic E-state index is -0.182. The van der Waals surface area contributed by atoms with Gasteiger partial charge in [-0.3, -0.25) is 9.79 Å².